The van der Waals surface area contributed by atoms with Crippen molar-refractivity contribution in [1.29, 1.82) is 0 Å². The summed E-state index contributed by atoms with van der Waals surface area (Å²) in [5, 5.41) is 7.16. The van der Waals surface area contributed by atoms with Gasteiger partial charge in [0.25, 0.3) is 6.43 Å². The van der Waals surface area contributed by atoms with Crippen LogP contribution >= 0.6 is 0 Å². The lowest BCUT2D eigenvalue weighted by atomic mass is 10.3. The Hall–Kier alpha value is -1.79. The van der Waals surface area contributed by atoms with Crippen molar-refractivity contribution < 1.29 is 8.78 Å². The molecule has 0 aliphatic heterocycles. The summed E-state index contributed by atoms with van der Waals surface area (Å²) >= 11 is 0. The summed E-state index contributed by atoms with van der Waals surface area (Å²) in [6, 6.07) is 0. The maximum absolute atomic E-state index is 12.3. The van der Waals surface area contributed by atoms with Gasteiger partial charge in [-0.2, -0.15) is 5.10 Å². The second-order valence-corrected chi connectivity index (χ2v) is 3.50. The smallest absolute Gasteiger partial charge is 0.255 e. The van der Waals surface area contributed by atoms with Gasteiger partial charge in [-0.05, 0) is 6.92 Å². The van der Waals surface area contributed by atoms with Gasteiger partial charge in [0.15, 0.2) is 5.65 Å². The summed E-state index contributed by atoms with van der Waals surface area (Å²) in [7, 11) is 1.57. The molecule has 0 unspecified atom stereocenters. The van der Waals surface area contributed by atoms with Crippen molar-refractivity contribution in [2.75, 3.05) is 18.5 Å². The topological polar surface area (TPSA) is 57.7 Å². The lowest BCUT2D eigenvalue weighted by Crippen LogP contribution is -2.25. The summed E-state index contributed by atoms with van der Waals surface area (Å²) < 4.78 is 24.6. The first-order chi connectivity index (χ1) is 7.58. The lowest BCUT2D eigenvalue weighted by molar-refractivity contribution is 0.156. The third-order valence-corrected chi connectivity index (χ3v) is 2.17. The second kappa shape index (κ2) is 3.99. The summed E-state index contributed by atoms with van der Waals surface area (Å²) in [4.78, 5) is 9.66. The second-order valence-electron chi connectivity index (χ2n) is 3.50. The molecule has 0 radical (unpaired) electrons. The van der Waals surface area contributed by atoms with Crippen LogP contribution in [0.15, 0.2) is 6.20 Å². The first kappa shape index (κ1) is 10.7. The number of halogens is 2. The van der Waals surface area contributed by atoms with E-state index in [0.717, 1.165) is 0 Å². The number of nitrogens with one attached hydrogen (secondary N) is 1. The Morgan fingerprint density at radius 2 is 2.19 bits per heavy atom. The first-order valence-corrected chi connectivity index (χ1v) is 4.75. The van der Waals surface area contributed by atoms with Gasteiger partial charge in [-0.15, -0.1) is 0 Å². The highest BCUT2D eigenvalue weighted by atomic mass is 19.3. The molecule has 2 aromatic rings. The molecule has 0 spiro atoms. The minimum atomic E-state index is -2.40. The van der Waals surface area contributed by atoms with Crippen molar-refractivity contribution in [3.05, 3.63) is 12.0 Å². The molecule has 16 heavy (non-hydrogen) atoms. The molecule has 0 saturated heterocycles. The SMILES string of the molecule is Cc1nc(N(C)CC(F)F)c2cn[nH]c2n1. The van der Waals surface area contributed by atoms with Gasteiger partial charge >= 0.3 is 0 Å². The highest BCUT2D eigenvalue weighted by Gasteiger charge is 2.14. The number of anilines is 1. The zero-order chi connectivity index (χ0) is 11.7. The Morgan fingerprint density at radius 3 is 2.88 bits per heavy atom. The Morgan fingerprint density at radius 1 is 1.44 bits per heavy atom. The minimum absolute atomic E-state index is 0.364. The number of aromatic amines is 1. The van der Waals surface area contributed by atoms with E-state index in [9.17, 15) is 8.78 Å². The molecule has 5 nitrogen and oxygen atoms in total. The van der Waals surface area contributed by atoms with E-state index in [1.54, 1.807) is 14.0 Å². The third-order valence-electron chi connectivity index (χ3n) is 2.17. The van der Waals surface area contributed by atoms with E-state index >= 15 is 0 Å². The first-order valence-electron chi connectivity index (χ1n) is 4.75. The largest absolute Gasteiger partial charge is 0.353 e. The van der Waals surface area contributed by atoms with Gasteiger partial charge in [-0.1, -0.05) is 0 Å². The van der Waals surface area contributed by atoms with Gasteiger partial charge in [-0.3, -0.25) is 5.10 Å². The molecule has 2 rings (SSSR count). The van der Waals surface area contributed by atoms with Gasteiger partial charge < -0.3 is 4.90 Å². The number of hydrogen-bond donors (Lipinski definition) is 1. The van der Waals surface area contributed by atoms with E-state index in [0.29, 0.717) is 22.7 Å². The predicted octanol–water partition coefficient (Wildman–Crippen LogP) is 1.36. The number of rotatable bonds is 3. The number of hydrogen-bond acceptors (Lipinski definition) is 4. The Labute approximate surface area is 90.5 Å². The molecular weight excluding hydrogens is 216 g/mol. The van der Waals surface area contributed by atoms with Crippen LogP contribution in [0.4, 0.5) is 14.6 Å². The van der Waals surface area contributed by atoms with Gasteiger partial charge in [-0.25, -0.2) is 18.7 Å². The van der Waals surface area contributed by atoms with Gasteiger partial charge in [0, 0.05) is 7.05 Å². The molecule has 86 valence electrons. The van der Waals surface area contributed by atoms with Crippen molar-refractivity contribution >= 4 is 16.9 Å². The maximum Gasteiger partial charge on any atom is 0.255 e. The molecule has 0 bridgehead atoms. The molecule has 7 heteroatoms. The predicted molar refractivity (Wildman–Crippen MR) is 55.7 cm³/mol. The Balaban J connectivity index is 2.45. The molecule has 0 fully saturated rings. The number of aromatic nitrogens is 4. The Kier molecular flexibility index (Phi) is 2.67. The molecule has 0 aromatic carbocycles. The van der Waals surface area contributed by atoms with Gasteiger partial charge in [0.1, 0.15) is 11.6 Å². The number of alkyl halides is 2. The van der Waals surface area contributed by atoms with E-state index in [1.807, 2.05) is 0 Å². The molecule has 0 saturated carbocycles. The van der Waals surface area contributed by atoms with Crippen LogP contribution in [0.25, 0.3) is 11.0 Å². The molecule has 0 atom stereocenters. The maximum atomic E-state index is 12.3. The number of aryl methyl sites for hydroxylation is 1. The number of fused-ring (bicyclic) bond motifs is 1. The van der Waals surface area contributed by atoms with E-state index in [1.165, 1.54) is 11.1 Å². The van der Waals surface area contributed by atoms with E-state index < -0.39 is 6.43 Å². The average Bonchev–Trinajstić information content (AvgIpc) is 2.62. The van der Waals surface area contributed by atoms with Crippen LogP contribution in [0.3, 0.4) is 0 Å². The molecule has 0 amide bonds. The molecule has 0 aliphatic carbocycles. The minimum Gasteiger partial charge on any atom is -0.353 e. The standard InChI is InChI=1S/C9H11F2N5/c1-5-13-8-6(3-12-15-8)9(14-5)16(2)4-7(10)11/h3,7H,4H2,1-2H3,(H,12,13,14,15). The number of H-pyrrole nitrogens is 1. The van der Waals surface area contributed by atoms with Gasteiger partial charge in [0.2, 0.25) is 0 Å². The van der Waals surface area contributed by atoms with Crippen LogP contribution in [-0.4, -0.2) is 40.2 Å². The summed E-state index contributed by atoms with van der Waals surface area (Å²) in [5.41, 5.74) is 0.559. The zero-order valence-electron chi connectivity index (χ0n) is 8.91. The van der Waals surface area contributed by atoms with E-state index in [2.05, 4.69) is 20.2 Å². The van der Waals surface area contributed by atoms with Crippen LogP contribution in [0.1, 0.15) is 5.82 Å². The van der Waals surface area contributed by atoms with Crippen LogP contribution in [-0.2, 0) is 0 Å². The number of nitrogens with zero attached hydrogens (tertiary/aromatic N) is 4. The fourth-order valence-corrected chi connectivity index (χ4v) is 1.51. The van der Waals surface area contributed by atoms with Crippen molar-refractivity contribution in [2.45, 2.75) is 13.3 Å². The molecular formula is C9H11F2N5. The quantitative estimate of drug-likeness (QED) is 0.860. The third kappa shape index (κ3) is 1.93. The van der Waals surface area contributed by atoms with Crippen molar-refractivity contribution in [2.24, 2.45) is 0 Å². The lowest BCUT2D eigenvalue weighted by Gasteiger charge is -2.18. The highest BCUT2D eigenvalue weighted by Crippen LogP contribution is 2.21. The van der Waals surface area contributed by atoms with Crippen LogP contribution in [0.5, 0.6) is 0 Å². The summed E-state index contributed by atoms with van der Waals surface area (Å²) in [5.74, 6) is 0.990. The zero-order valence-corrected chi connectivity index (χ0v) is 8.91. The summed E-state index contributed by atoms with van der Waals surface area (Å²) in [6.07, 6.45) is -0.867. The fraction of sp³-hybridized carbons (Fsp3) is 0.444. The average molecular weight is 227 g/mol. The highest BCUT2D eigenvalue weighted by molar-refractivity contribution is 5.86. The van der Waals surface area contributed by atoms with E-state index in [-0.39, 0.29) is 6.54 Å². The normalized spacial score (nSPS) is 11.3. The molecule has 2 aromatic heterocycles. The van der Waals surface area contributed by atoms with Crippen molar-refractivity contribution in [3.8, 4) is 0 Å². The van der Waals surface area contributed by atoms with E-state index in [4.69, 9.17) is 0 Å². The molecule has 2 heterocycles. The van der Waals surface area contributed by atoms with Crippen LogP contribution in [0, 0.1) is 6.92 Å². The van der Waals surface area contributed by atoms with Gasteiger partial charge in [0.05, 0.1) is 18.1 Å². The monoisotopic (exact) mass is 227 g/mol. The van der Waals surface area contributed by atoms with Crippen LogP contribution in [0.2, 0.25) is 0 Å². The Bertz CT molecular complexity index is 496. The van der Waals surface area contributed by atoms with Crippen molar-refractivity contribution in [3.63, 3.8) is 0 Å². The molecule has 0 aliphatic rings. The van der Waals surface area contributed by atoms with Crippen LogP contribution < -0.4 is 4.90 Å². The molecule has 1 N–H and O–H groups in total. The van der Waals surface area contributed by atoms with Crippen molar-refractivity contribution in [1.82, 2.24) is 20.2 Å². The fourth-order valence-electron chi connectivity index (χ4n) is 1.51. The summed E-state index contributed by atoms with van der Waals surface area (Å²) in [6.45, 7) is 1.34.